The zero-order valence-electron chi connectivity index (χ0n) is 9.60. The van der Waals surface area contributed by atoms with Crippen LogP contribution in [0.2, 0.25) is 0 Å². The minimum atomic E-state index is -4.19. The molecular formula is C11H12F2O4S. The Kier molecular flexibility index (Phi) is 3.39. The SMILES string of the molecule is Cc1ccc(S(=O)(=O)OC2COCC2(F)F)cc1. The molecule has 0 radical (unpaired) electrons. The number of alkyl halides is 2. The van der Waals surface area contributed by atoms with E-state index in [2.05, 4.69) is 8.92 Å². The van der Waals surface area contributed by atoms with E-state index in [0.29, 0.717) is 0 Å². The lowest BCUT2D eigenvalue weighted by atomic mass is 10.2. The Balaban J connectivity index is 2.20. The fourth-order valence-corrected chi connectivity index (χ4v) is 2.61. The molecule has 0 spiro atoms. The first kappa shape index (κ1) is 13.4. The molecular weight excluding hydrogens is 266 g/mol. The topological polar surface area (TPSA) is 52.6 Å². The monoisotopic (exact) mass is 278 g/mol. The van der Waals surface area contributed by atoms with Gasteiger partial charge in [0.2, 0.25) is 0 Å². The lowest BCUT2D eigenvalue weighted by Gasteiger charge is -2.16. The van der Waals surface area contributed by atoms with Gasteiger partial charge in [0.05, 0.1) is 11.5 Å². The molecule has 4 nitrogen and oxygen atoms in total. The zero-order chi connectivity index (χ0) is 13.4. The van der Waals surface area contributed by atoms with E-state index < -0.39 is 35.4 Å². The third kappa shape index (κ3) is 2.68. The average Bonchev–Trinajstić information content (AvgIpc) is 2.58. The molecule has 2 rings (SSSR count). The van der Waals surface area contributed by atoms with Gasteiger partial charge < -0.3 is 4.74 Å². The van der Waals surface area contributed by atoms with E-state index in [-0.39, 0.29) is 4.90 Å². The van der Waals surface area contributed by atoms with E-state index in [1.807, 2.05) is 0 Å². The minimum absolute atomic E-state index is 0.143. The summed E-state index contributed by atoms with van der Waals surface area (Å²) in [5, 5.41) is 0. The summed E-state index contributed by atoms with van der Waals surface area (Å²) in [6, 6.07) is 5.77. The normalized spacial score (nSPS) is 23.2. The molecule has 0 aliphatic carbocycles. The summed E-state index contributed by atoms with van der Waals surface area (Å²) >= 11 is 0. The van der Waals surface area contributed by atoms with Crippen LogP contribution in [0, 0.1) is 6.92 Å². The van der Waals surface area contributed by atoms with Crippen LogP contribution in [0.5, 0.6) is 0 Å². The summed E-state index contributed by atoms with van der Waals surface area (Å²) in [6.45, 7) is 0.537. The summed E-state index contributed by atoms with van der Waals surface area (Å²) < 4.78 is 59.0. The molecule has 0 amide bonds. The van der Waals surface area contributed by atoms with Crippen LogP contribution in [-0.4, -0.2) is 33.7 Å². The highest BCUT2D eigenvalue weighted by molar-refractivity contribution is 7.86. The van der Waals surface area contributed by atoms with Gasteiger partial charge >= 0.3 is 0 Å². The number of halogens is 2. The lowest BCUT2D eigenvalue weighted by molar-refractivity contribution is -0.0640. The maximum absolute atomic E-state index is 13.2. The highest BCUT2D eigenvalue weighted by atomic mass is 32.2. The molecule has 100 valence electrons. The van der Waals surface area contributed by atoms with Crippen molar-refractivity contribution in [2.75, 3.05) is 13.2 Å². The second-order valence-electron chi connectivity index (χ2n) is 4.13. The molecule has 1 aliphatic heterocycles. The maximum atomic E-state index is 13.2. The van der Waals surface area contributed by atoms with Crippen molar-refractivity contribution in [3.63, 3.8) is 0 Å². The second kappa shape index (κ2) is 4.56. The predicted octanol–water partition coefficient (Wildman–Crippen LogP) is 1.73. The summed E-state index contributed by atoms with van der Waals surface area (Å²) in [5.74, 6) is -3.28. The van der Waals surface area contributed by atoms with Crippen LogP contribution in [0.1, 0.15) is 5.56 Å². The first-order valence-electron chi connectivity index (χ1n) is 5.27. The van der Waals surface area contributed by atoms with Crippen LogP contribution in [-0.2, 0) is 19.0 Å². The smallest absolute Gasteiger partial charge is 0.300 e. The Labute approximate surface area is 104 Å². The molecule has 0 aromatic heterocycles. The highest BCUT2D eigenvalue weighted by Crippen LogP contribution is 2.30. The van der Waals surface area contributed by atoms with Crippen LogP contribution in [0.15, 0.2) is 29.2 Å². The van der Waals surface area contributed by atoms with Gasteiger partial charge in [0.25, 0.3) is 16.0 Å². The van der Waals surface area contributed by atoms with Crippen molar-refractivity contribution in [2.24, 2.45) is 0 Å². The summed E-state index contributed by atoms with van der Waals surface area (Å²) in [7, 11) is -4.19. The van der Waals surface area contributed by atoms with E-state index in [1.165, 1.54) is 12.1 Å². The first-order valence-corrected chi connectivity index (χ1v) is 6.68. The fourth-order valence-electron chi connectivity index (χ4n) is 1.53. The van der Waals surface area contributed by atoms with Crippen molar-refractivity contribution in [3.05, 3.63) is 29.8 Å². The van der Waals surface area contributed by atoms with E-state index in [9.17, 15) is 17.2 Å². The standard InChI is InChI=1S/C11H12F2O4S/c1-8-2-4-9(5-3-8)18(14,15)17-10-6-16-7-11(10,12)13/h2-5,10H,6-7H2,1H3. The zero-order valence-corrected chi connectivity index (χ0v) is 10.4. The number of rotatable bonds is 3. The van der Waals surface area contributed by atoms with E-state index in [0.717, 1.165) is 5.56 Å². The van der Waals surface area contributed by atoms with Crippen molar-refractivity contribution < 1.29 is 26.1 Å². The molecule has 1 aliphatic rings. The molecule has 0 saturated carbocycles. The lowest BCUT2D eigenvalue weighted by Crippen LogP contribution is -2.35. The number of hydrogen-bond donors (Lipinski definition) is 0. The number of ether oxygens (including phenoxy) is 1. The third-order valence-electron chi connectivity index (χ3n) is 2.59. The Morgan fingerprint density at radius 3 is 2.44 bits per heavy atom. The van der Waals surface area contributed by atoms with Gasteiger partial charge in [-0.25, -0.2) is 8.78 Å². The molecule has 1 saturated heterocycles. The van der Waals surface area contributed by atoms with Crippen LogP contribution in [0.3, 0.4) is 0 Å². The van der Waals surface area contributed by atoms with Crippen LogP contribution >= 0.6 is 0 Å². The first-order chi connectivity index (χ1) is 8.31. The minimum Gasteiger partial charge on any atom is -0.372 e. The molecule has 1 aromatic rings. The Bertz CT molecular complexity index is 524. The number of benzene rings is 1. The Morgan fingerprint density at radius 1 is 1.33 bits per heavy atom. The van der Waals surface area contributed by atoms with Gasteiger partial charge in [-0.3, -0.25) is 4.18 Å². The van der Waals surface area contributed by atoms with Crippen LogP contribution in [0.25, 0.3) is 0 Å². The summed E-state index contributed by atoms with van der Waals surface area (Å²) in [4.78, 5) is -0.143. The molecule has 7 heteroatoms. The second-order valence-corrected chi connectivity index (χ2v) is 5.70. The maximum Gasteiger partial charge on any atom is 0.300 e. The van der Waals surface area contributed by atoms with Crippen LogP contribution in [0.4, 0.5) is 8.78 Å². The highest BCUT2D eigenvalue weighted by Gasteiger charge is 2.48. The molecule has 0 N–H and O–H groups in total. The summed E-state index contributed by atoms with van der Waals surface area (Å²) in [5.41, 5.74) is 0.864. The summed E-state index contributed by atoms with van der Waals surface area (Å²) in [6.07, 6.45) is -1.76. The van der Waals surface area contributed by atoms with Crippen LogP contribution < -0.4 is 0 Å². The molecule has 1 atom stereocenters. The van der Waals surface area contributed by atoms with E-state index in [1.54, 1.807) is 19.1 Å². The average molecular weight is 278 g/mol. The Hall–Kier alpha value is -1.05. The van der Waals surface area contributed by atoms with Crippen molar-refractivity contribution >= 4 is 10.1 Å². The molecule has 0 bridgehead atoms. The van der Waals surface area contributed by atoms with Crippen molar-refractivity contribution in [1.29, 1.82) is 0 Å². The van der Waals surface area contributed by atoms with Crippen molar-refractivity contribution in [2.45, 2.75) is 23.8 Å². The number of aryl methyl sites for hydroxylation is 1. The van der Waals surface area contributed by atoms with Gasteiger partial charge in [-0.15, -0.1) is 0 Å². The van der Waals surface area contributed by atoms with E-state index in [4.69, 9.17) is 0 Å². The van der Waals surface area contributed by atoms with Crippen molar-refractivity contribution in [3.8, 4) is 0 Å². The molecule has 1 heterocycles. The number of hydrogen-bond acceptors (Lipinski definition) is 4. The molecule has 1 aromatic carbocycles. The van der Waals surface area contributed by atoms with Crippen molar-refractivity contribution in [1.82, 2.24) is 0 Å². The fraction of sp³-hybridized carbons (Fsp3) is 0.455. The van der Waals surface area contributed by atoms with Gasteiger partial charge in [-0.2, -0.15) is 8.42 Å². The predicted molar refractivity (Wildman–Crippen MR) is 59.0 cm³/mol. The van der Waals surface area contributed by atoms with E-state index >= 15 is 0 Å². The molecule has 1 fully saturated rings. The Morgan fingerprint density at radius 2 is 1.94 bits per heavy atom. The van der Waals surface area contributed by atoms with Gasteiger partial charge in [-0.1, -0.05) is 17.7 Å². The molecule has 1 unspecified atom stereocenters. The quantitative estimate of drug-likeness (QED) is 0.790. The van der Waals surface area contributed by atoms with Gasteiger partial charge in [0.1, 0.15) is 6.61 Å². The largest absolute Gasteiger partial charge is 0.372 e. The van der Waals surface area contributed by atoms with Gasteiger partial charge in [0.15, 0.2) is 6.10 Å². The van der Waals surface area contributed by atoms with Gasteiger partial charge in [0, 0.05) is 0 Å². The van der Waals surface area contributed by atoms with Gasteiger partial charge in [-0.05, 0) is 19.1 Å². The third-order valence-corrected chi connectivity index (χ3v) is 3.92. The molecule has 18 heavy (non-hydrogen) atoms.